The molecule has 0 aliphatic heterocycles. The van der Waals surface area contributed by atoms with E-state index in [0.717, 1.165) is 16.8 Å². The molecule has 7 nitrogen and oxygen atoms in total. The number of aromatic nitrogens is 5. The largest absolute Gasteiger partial charge is 0.495 e. The van der Waals surface area contributed by atoms with E-state index < -0.39 is 0 Å². The summed E-state index contributed by atoms with van der Waals surface area (Å²) in [4.78, 5) is 17.1. The van der Waals surface area contributed by atoms with Crippen molar-refractivity contribution in [2.24, 2.45) is 7.05 Å². The van der Waals surface area contributed by atoms with Gasteiger partial charge >= 0.3 is 0 Å². The van der Waals surface area contributed by atoms with Crippen LogP contribution in [0.2, 0.25) is 5.02 Å². The Morgan fingerprint density at radius 3 is 2.80 bits per heavy atom. The summed E-state index contributed by atoms with van der Waals surface area (Å²) in [6, 6.07) is 8.63. The molecule has 4 rings (SSSR count). The SMILES string of the molecule is COc1cc(-c2cc(=O)n3[nH]cc(-c4ccnn4C)c3n2)ccc1Cl. The van der Waals surface area contributed by atoms with Crippen LogP contribution in [0.5, 0.6) is 5.75 Å². The summed E-state index contributed by atoms with van der Waals surface area (Å²) in [7, 11) is 3.38. The molecule has 0 saturated carbocycles. The van der Waals surface area contributed by atoms with Crippen molar-refractivity contribution in [2.45, 2.75) is 0 Å². The molecule has 0 saturated heterocycles. The molecule has 0 aliphatic carbocycles. The number of fused-ring (bicyclic) bond motifs is 1. The van der Waals surface area contributed by atoms with Crippen molar-refractivity contribution in [3.8, 4) is 28.3 Å². The number of hydrogen-bond acceptors (Lipinski definition) is 4. The van der Waals surface area contributed by atoms with Crippen LogP contribution in [0.15, 0.2) is 47.5 Å². The van der Waals surface area contributed by atoms with Crippen molar-refractivity contribution in [3.05, 3.63) is 58.1 Å². The maximum Gasteiger partial charge on any atom is 0.273 e. The molecule has 0 aliphatic rings. The van der Waals surface area contributed by atoms with Gasteiger partial charge < -0.3 is 4.74 Å². The van der Waals surface area contributed by atoms with Crippen LogP contribution in [0.4, 0.5) is 0 Å². The molecule has 0 radical (unpaired) electrons. The molecular formula is C17H14ClN5O2. The van der Waals surface area contributed by atoms with E-state index in [1.54, 1.807) is 42.4 Å². The van der Waals surface area contributed by atoms with Gasteiger partial charge in [0.15, 0.2) is 5.65 Å². The Morgan fingerprint density at radius 1 is 1.24 bits per heavy atom. The minimum absolute atomic E-state index is 0.206. The number of methoxy groups -OCH3 is 1. The van der Waals surface area contributed by atoms with Crippen LogP contribution in [0, 0.1) is 0 Å². The molecule has 0 fully saturated rings. The fourth-order valence-electron chi connectivity index (χ4n) is 2.77. The highest BCUT2D eigenvalue weighted by molar-refractivity contribution is 6.32. The fraction of sp³-hybridized carbons (Fsp3) is 0.118. The predicted molar refractivity (Wildman–Crippen MR) is 95.0 cm³/mol. The molecule has 0 unspecified atom stereocenters. The predicted octanol–water partition coefficient (Wildman–Crippen LogP) is 2.75. The lowest BCUT2D eigenvalue weighted by molar-refractivity contribution is 0.415. The molecule has 0 atom stereocenters. The third kappa shape index (κ3) is 2.49. The number of rotatable bonds is 3. The minimum Gasteiger partial charge on any atom is -0.495 e. The zero-order valence-electron chi connectivity index (χ0n) is 13.5. The van der Waals surface area contributed by atoms with Gasteiger partial charge in [0.1, 0.15) is 5.75 Å². The number of aromatic amines is 1. The van der Waals surface area contributed by atoms with Gasteiger partial charge in [-0.1, -0.05) is 17.7 Å². The second-order valence-electron chi connectivity index (χ2n) is 5.52. The minimum atomic E-state index is -0.206. The van der Waals surface area contributed by atoms with Crippen molar-refractivity contribution in [2.75, 3.05) is 7.11 Å². The van der Waals surface area contributed by atoms with Crippen molar-refractivity contribution in [1.82, 2.24) is 24.4 Å². The first-order chi connectivity index (χ1) is 12.1. The summed E-state index contributed by atoms with van der Waals surface area (Å²) in [5, 5.41) is 7.61. The van der Waals surface area contributed by atoms with Crippen molar-refractivity contribution >= 4 is 17.2 Å². The Hall–Kier alpha value is -3.06. The van der Waals surface area contributed by atoms with E-state index in [9.17, 15) is 4.79 Å². The van der Waals surface area contributed by atoms with E-state index in [4.69, 9.17) is 16.3 Å². The number of ether oxygens (including phenoxy) is 1. The van der Waals surface area contributed by atoms with Gasteiger partial charge in [-0.3, -0.25) is 14.6 Å². The number of nitrogens with zero attached hydrogens (tertiary/aromatic N) is 4. The highest BCUT2D eigenvalue weighted by atomic mass is 35.5. The van der Waals surface area contributed by atoms with Gasteiger partial charge in [0.25, 0.3) is 5.56 Å². The molecule has 0 spiro atoms. The standard InChI is InChI=1S/C17H14ClN5O2/c1-22-14(5-6-19-22)11-9-20-23-16(24)8-13(21-17(11)23)10-3-4-12(18)15(7-10)25-2/h3-9,20H,1-2H3. The van der Waals surface area contributed by atoms with Crippen molar-refractivity contribution in [3.63, 3.8) is 0 Å². The number of benzene rings is 1. The van der Waals surface area contributed by atoms with Gasteiger partial charge in [0, 0.05) is 31.1 Å². The van der Waals surface area contributed by atoms with Crippen LogP contribution in [-0.4, -0.2) is 31.5 Å². The Labute approximate surface area is 147 Å². The zero-order valence-corrected chi connectivity index (χ0v) is 14.3. The molecule has 0 amide bonds. The zero-order chi connectivity index (χ0) is 17.6. The smallest absolute Gasteiger partial charge is 0.273 e. The van der Waals surface area contributed by atoms with Crippen LogP contribution in [-0.2, 0) is 7.05 Å². The molecule has 126 valence electrons. The van der Waals surface area contributed by atoms with Crippen molar-refractivity contribution in [1.29, 1.82) is 0 Å². The molecule has 8 heteroatoms. The maximum atomic E-state index is 12.5. The molecule has 0 bridgehead atoms. The second-order valence-corrected chi connectivity index (χ2v) is 5.92. The molecule has 1 aromatic carbocycles. The van der Waals surface area contributed by atoms with E-state index in [1.165, 1.54) is 10.6 Å². The molecule has 25 heavy (non-hydrogen) atoms. The summed E-state index contributed by atoms with van der Waals surface area (Å²) in [6.45, 7) is 0. The highest BCUT2D eigenvalue weighted by Gasteiger charge is 2.14. The summed E-state index contributed by atoms with van der Waals surface area (Å²) < 4.78 is 8.38. The highest BCUT2D eigenvalue weighted by Crippen LogP contribution is 2.30. The van der Waals surface area contributed by atoms with E-state index in [2.05, 4.69) is 15.2 Å². The number of H-pyrrole nitrogens is 1. The number of nitrogens with one attached hydrogen (secondary N) is 1. The monoisotopic (exact) mass is 355 g/mol. The number of aryl methyl sites for hydroxylation is 1. The van der Waals surface area contributed by atoms with Gasteiger partial charge in [-0.25, -0.2) is 9.50 Å². The van der Waals surface area contributed by atoms with Crippen LogP contribution in [0.1, 0.15) is 0 Å². The number of hydrogen-bond donors (Lipinski definition) is 1. The van der Waals surface area contributed by atoms with Gasteiger partial charge in [-0.05, 0) is 18.2 Å². The van der Waals surface area contributed by atoms with Crippen molar-refractivity contribution < 1.29 is 4.74 Å². The first kappa shape index (κ1) is 15.5. The summed E-state index contributed by atoms with van der Waals surface area (Å²) in [5.74, 6) is 0.530. The van der Waals surface area contributed by atoms with E-state index in [-0.39, 0.29) is 5.56 Å². The average Bonchev–Trinajstić information content (AvgIpc) is 3.21. The fourth-order valence-corrected chi connectivity index (χ4v) is 2.97. The molecule has 4 aromatic rings. The van der Waals surface area contributed by atoms with Gasteiger partial charge in [-0.2, -0.15) is 5.10 Å². The summed E-state index contributed by atoms with van der Waals surface area (Å²) >= 11 is 6.08. The normalized spacial score (nSPS) is 11.2. The topological polar surface area (TPSA) is 77.2 Å². The first-order valence-corrected chi connectivity index (χ1v) is 7.90. The summed E-state index contributed by atoms with van der Waals surface area (Å²) in [6.07, 6.45) is 3.44. The van der Waals surface area contributed by atoms with Gasteiger partial charge in [-0.15, -0.1) is 0 Å². The van der Waals surface area contributed by atoms with Crippen LogP contribution < -0.4 is 10.3 Å². The Bertz CT molecular complexity index is 1140. The Morgan fingerprint density at radius 2 is 2.08 bits per heavy atom. The lowest BCUT2D eigenvalue weighted by Gasteiger charge is -2.07. The molecule has 3 aromatic heterocycles. The Balaban J connectivity index is 1.95. The second kappa shape index (κ2) is 5.78. The third-order valence-electron chi connectivity index (χ3n) is 4.04. The van der Waals surface area contributed by atoms with E-state index >= 15 is 0 Å². The van der Waals surface area contributed by atoms with Crippen LogP contribution >= 0.6 is 11.6 Å². The quantitative estimate of drug-likeness (QED) is 0.613. The maximum absolute atomic E-state index is 12.5. The van der Waals surface area contributed by atoms with E-state index in [0.29, 0.717) is 22.1 Å². The van der Waals surface area contributed by atoms with Crippen LogP contribution in [0.25, 0.3) is 28.2 Å². The molecular weight excluding hydrogens is 342 g/mol. The Kier molecular flexibility index (Phi) is 3.58. The van der Waals surface area contributed by atoms with Crippen LogP contribution in [0.3, 0.4) is 0 Å². The van der Waals surface area contributed by atoms with E-state index in [1.807, 2.05) is 13.1 Å². The third-order valence-corrected chi connectivity index (χ3v) is 4.35. The lowest BCUT2D eigenvalue weighted by atomic mass is 10.1. The molecule has 1 N–H and O–H groups in total. The number of halogens is 1. The summed E-state index contributed by atoms with van der Waals surface area (Å²) in [5.41, 5.74) is 3.26. The first-order valence-electron chi connectivity index (χ1n) is 7.52. The van der Waals surface area contributed by atoms with Gasteiger partial charge in [0.05, 0.1) is 29.1 Å². The average molecular weight is 356 g/mol. The lowest BCUT2D eigenvalue weighted by Crippen LogP contribution is -2.14. The van der Waals surface area contributed by atoms with Gasteiger partial charge in [0.2, 0.25) is 0 Å². The molecule has 3 heterocycles.